The van der Waals surface area contributed by atoms with Crippen LogP contribution in [0.1, 0.15) is 19.0 Å². The van der Waals surface area contributed by atoms with Crippen molar-refractivity contribution < 1.29 is 4.74 Å². The van der Waals surface area contributed by atoms with Gasteiger partial charge in [0, 0.05) is 23.9 Å². The predicted molar refractivity (Wildman–Crippen MR) is 47.0 cm³/mol. The minimum atomic E-state index is 0.154. The van der Waals surface area contributed by atoms with E-state index in [1.807, 2.05) is 18.3 Å². The van der Waals surface area contributed by atoms with E-state index in [0.717, 1.165) is 25.3 Å². The first-order valence-electron chi connectivity index (χ1n) is 4.30. The first-order chi connectivity index (χ1) is 5.81. The molecule has 1 aromatic rings. The number of rotatable bonds is 1. The summed E-state index contributed by atoms with van der Waals surface area (Å²) in [6.45, 7) is 3.89. The second kappa shape index (κ2) is 2.87. The van der Waals surface area contributed by atoms with Gasteiger partial charge in [0.05, 0.1) is 6.61 Å². The monoisotopic (exact) mass is 163 g/mol. The lowest BCUT2D eigenvalue weighted by atomic mass is 9.86. The van der Waals surface area contributed by atoms with Crippen LogP contribution in [0.3, 0.4) is 0 Å². The van der Waals surface area contributed by atoms with Gasteiger partial charge >= 0.3 is 0 Å². The fourth-order valence-electron chi connectivity index (χ4n) is 1.59. The average Bonchev–Trinajstić information content (AvgIpc) is 2.55. The van der Waals surface area contributed by atoms with Crippen LogP contribution in [0, 0.1) is 0 Å². The molecule has 2 heteroatoms. The van der Waals surface area contributed by atoms with Gasteiger partial charge in [0.25, 0.3) is 0 Å². The van der Waals surface area contributed by atoms with Gasteiger partial charge in [-0.3, -0.25) is 4.98 Å². The molecule has 0 aromatic carbocycles. The van der Waals surface area contributed by atoms with E-state index < -0.39 is 0 Å². The Balaban J connectivity index is 2.29. The molecule has 0 N–H and O–H groups in total. The molecule has 0 radical (unpaired) electrons. The van der Waals surface area contributed by atoms with Crippen LogP contribution in [-0.4, -0.2) is 18.2 Å². The molecule has 64 valence electrons. The Bertz CT molecular complexity index is 252. The molecule has 1 fully saturated rings. The quantitative estimate of drug-likeness (QED) is 0.629. The van der Waals surface area contributed by atoms with E-state index in [2.05, 4.69) is 18.0 Å². The van der Waals surface area contributed by atoms with Gasteiger partial charge in [0.15, 0.2) is 0 Å². The highest BCUT2D eigenvalue weighted by Gasteiger charge is 2.32. The third-order valence-corrected chi connectivity index (χ3v) is 2.50. The third kappa shape index (κ3) is 1.23. The molecule has 2 heterocycles. The molecule has 1 aromatic heterocycles. The van der Waals surface area contributed by atoms with Crippen molar-refractivity contribution in [2.24, 2.45) is 0 Å². The van der Waals surface area contributed by atoms with Crippen LogP contribution in [0.15, 0.2) is 24.4 Å². The van der Waals surface area contributed by atoms with Gasteiger partial charge < -0.3 is 4.74 Å². The van der Waals surface area contributed by atoms with Gasteiger partial charge in [0.2, 0.25) is 0 Å². The second-order valence-electron chi connectivity index (χ2n) is 3.58. The topological polar surface area (TPSA) is 22.1 Å². The van der Waals surface area contributed by atoms with E-state index in [0.29, 0.717) is 0 Å². The molecular weight excluding hydrogens is 150 g/mol. The lowest BCUT2D eigenvalue weighted by Gasteiger charge is -2.20. The van der Waals surface area contributed by atoms with E-state index in [9.17, 15) is 0 Å². The summed E-state index contributed by atoms with van der Waals surface area (Å²) < 4.78 is 5.37. The summed E-state index contributed by atoms with van der Waals surface area (Å²) in [7, 11) is 0. The van der Waals surface area contributed by atoms with Gasteiger partial charge in [-0.1, -0.05) is 13.0 Å². The standard InChI is InChI=1S/C10H13NO/c1-10(5-7-12-8-10)9-4-2-3-6-11-9/h2-4,6H,5,7-8H2,1H3. The van der Waals surface area contributed by atoms with Crippen LogP contribution in [0.4, 0.5) is 0 Å². The van der Waals surface area contributed by atoms with Crippen molar-refractivity contribution in [3.05, 3.63) is 30.1 Å². The van der Waals surface area contributed by atoms with Crippen molar-refractivity contribution in [2.75, 3.05) is 13.2 Å². The first kappa shape index (κ1) is 7.74. The van der Waals surface area contributed by atoms with E-state index in [4.69, 9.17) is 4.74 Å². The van der Waals surface area contributed by atoms with E-state index >= 15 is 0 Å². The SMILES string of the molecule is CC1(c2ccccn2)CCOC1. The van der Waals surface area contributed by atoms with Crippen molar-refractivity contribution in [1.29, 1.82) is 0 Å². The predicted octanol–water partition coefficient (Wildman–Crippen LogP) is 1.76. The lowest BCUT2D eigenvalue weighted by Crippen LogP contribution is -2.22. The Kier molecular flexibility index (Phi) is 1.85. The first-order valence-corrected chi connectivity index (χ1v) is 4.30. The number of nitrogens with zero attached hydrogens (tertiary/aromatic N) is 1. The highest BCUT2D eigenvalue weighted by atomic mass is 16.5. The molecular formula is C10H13NO. The Labute approximate surface area is 72.6 Å². The summed E-state index contributed by atoms with van der Waals surface area (Å²) in [6.07, 6.45) is 2.93. The molecule has 1 atom stereocenters. The van der Waals surface area contributed by atoms with Crippen molar-refractivity contribution in [1.82, 2.24) is 4.98 Å². The molecule has 12 heavy (non-hydrogen) atoms. The summed E-state index contributed by atoms with van der Waals surface area (Å²) >= 11 is 0. The molecule has 1 aliphatic heterocycles. The largest absolute Gasteiger partial charge is 0.380 e. The minimum Gasteiger partial charge on any atom is -0.380 e. The lowest BCUT2D eigenvalue weighted by molar-refractivity contribution is 0.180. The van der Waals surface area contributed by atoms with Crippen molar-refractivity contribution in [3.63, 3.8) is 0 Å². The van der Waals surface area contributed by atoms with Crippen LogP contribution in [0.25, 0.3) is 0 Å². The van der Waals surface area contributed by atoms with Gasteiger partial charge in [0.1, 0.15) is 0 Å². The molecule has 0 amide bonds. The maximum absolute atomic E-state index is 5.37. The fraction of sp³-hybridized carbons (Fsp3) is 0.500. The molecule has 1 saturated heterocycles. The zero-order chi connectivity index (χ0) is 8.44. The number of aromatic nitrogens is 1. The molecule has 2 rings (SSSR count). The van der Waals surface area contributed by atoms with Crippen LogP contribution in [-0.2, 0) is 10.2 Å². The Hall–Kier alpha value is -0.890. The molecule has 0 saturated carbocycles. The maximum atomic E-state index is 5.37. The second-order valence-corrected chi connectivity index (χ2v) is 3.58. The normalized spacial score (nSPS) is 29.1. The Morgan fingerprint density at radius 2 is 2.42 bits per heavy atom. The van der Waals surface area contributed by atoms with Gasteiger partial charge in [-0.2, -0.15) is 0 Å². The zero-order valence-corrected chi connectivity index (χ0v) is 7.29. The van der Waals surface area contributed by atoms with E-state index in [1.165, 1.54) is 0 Å². The van der Waals surface area contributed by atoms with Crippen LogP contribution in [0.5, 0.6) is 0 Å². The average molecular weight is 163 g/mol. The van der Waals surface area contributed by atoms with Crippen molar-refractivity contribution in [2.45, 2.75) is 18.8 Å². The van der Waals surface area contributed by atoms with E-state index in [-0.39, 0.29) is 5.41 Å². The molecule has 1 unspecified atom stereocenters. The molecule has 1 aliphatic rings. The smallest absolute Gasteiger partial charge is 0.0576 e. The Morgan fingerprint density at radius 1 is 1.50 bits per heavy atom. The molecule has 0 bridgehead atoms. The Morgan fingerprint density at radius 3 is 3.00 bits per heavy atom. The maximum Gasteiger partial charge on any atom is 0.0576 e. The summed E-state index contributed by atoms with van der Waals surface area (Å²) in [5, 5.41) is 0. The van der Waals surface area contributed by atoms with Gasteiger partial charge in [-0.05, 0) is 18.6 Å². The number of hydrogen-bond donors (Lipinski definition) is 0. The van der Waals surface area contributed by atoms with Crippen LogP contribution < -0.4 is 0 Å². The highest BCUT2D eigenvalue weighted by molar-refractivity contribution is 5.16. The summed E-state index contributed by atoms with van der Waals surface area (Å²) in [4.78, 5) is 4.35. The molecule has 0 spiro atoms. The number of ether oxygens (including phenoxy) is 1. The highest BCUT2D eigenvalue weighted by Crippen LogP contribution is 2.30. The zero-order valence-electron chi connectivity index (χ0n) is 7.29. The number of hydrogen-bond acceptors (Lipinski definition) is 2. The number of pyridine rings is 1. The summed E-state index contributed by atoms with van der Waals surface area (Å²) in [5.74, 6) is 0. The van der Waals surface area contributed by atoms with Gasteiger partial charge in [-0.15, -0.1) is 0 Å². The van der Waals surface area contributed by atoms with Crippen molar-refractivity contribution >= 4 is 0 Å². The molecule has 0 aliphatic carbocycles. The van der Waals surface area contributed by atoms with E-state index in [1.54, 1.807) is 0 Å². The summed E-state index contributed by atoms with van der Waals surface area (Å²) in [5.41, 5.74) is 1.31. The molecule has 2 nitrogen and oxygen atoms in total. The van der Waals surface area contributed by atoms with Crippen LogP contribution in [0.2, 0.25) is 0 Å². The minimum absolute atomic E-state index is 0.154. The fourth-order valence-corrected chi connectivity index (χ4v) is 1.59. The van der Waals surface area contributed by atoms with Crippen molar-refractivity contribution in [3.8, 4) is 0 Å². The third-order valence-electron chi connectivity index (χ3n) is 2.50. The van der Waals surface area contributed by atoms with Gasteiger partial charge in [-0.25, -0.2) is 0 Å². The summed E-state index contributed by atoms with van der Waals surface area (Å²) in [6, 6.07) is 6.06. The van der Waals surface area contributed by atoms with Crippen LogP contribution >= 0.6 is 0 Å².